The van der Waals surface area contributed by atoms with Gasteiger partial charge in [-0.2, -0.15) is 0 Å². The van der Waals surface area contributed by atoms with E-state index in [0.29, 0.717) is 18.7 Å². The van der Waals surface area contributed by atoms with Crippen molar-refractivity contribution in [3.63, 3.8) is 0 Å². The maximum atomic E-state index is 11.8. The second-order valence-corrected chi connectivity index (χ2v) is 6.94. The van der Waals surface area contributed by atoms with Crippen LogP contribution in [-0.4, -0.2) is 32.1 Å². The van der Waals surface area contributed by atoms with Crippen molar-refractivity contribution >= 4 is 27.7 Å². The van der Waals surface area contributed by atoms with Gasteiger partial charge in [0.15, 0.2) is 0 Å². The first kappa shape index (κ1) is 17.7. The van der Waals surface area contributed by atoms with Crippen LogP contribution >= 0.6 is 0 Å². The van der Waals surface area contributed by atoms with Crippen LogP contribution in [0.3, 0.4) is 0 Å². The van der Waals surface area contributed by atoms with Gasteiger partial charge in [0, 0.05) is 36.6 Å². The third kappa shape index (κ3) is 6.62. The summed E-state index contributed by atoms with van der Waals surface area (Å²) in [6.07, 6.45) is 6.60. The Morgan fingerprint density at radius 3 is 2.54 bits per heavy atom. The molecule has 126 valence electrons. The van der Waals surface area contributed by atoms with Crippen LogP contribution in [0.4, 0.5) is 5.69 Å². The minimum absolute atomic E-state index is 0.190. The molecule has 2 aromatic rings. The number of hydrogen-bond donors (Lipinski definition) is 2. The molecule has 0 aliphatic carbocycles. The molecule has 6 nitrogen and oxygen atoms in total. The van der Waals surface area contributed by atoms with Gasteiger partial charge in [-0.25, -0.2) is 8.42 Å². The van der Waals surface area contributed by atoms with Crippen LogP contribution in [0.2, 0.25) is 0 Å². The van der Waals surface area contributed by atoms with Crippen molar-refractivity contribution in [3.05, 3.63) is 66.0 Å². The first-order chi connectivity index (χ1) is 11.4. The molecule has 1 amide bonds. The summed E-state index contributed by atoms with van der Waals surface area (Å²) in [5, 5.41) is 2.79. The molecule has 0 saturated heterocycles. The third-order valence-electron chi connectivity index (χ3n) is 3.05. The molecule has 0 unspecified atom stereocenters. The maximum Gasteiger partial charge on any atom is 0.244 e. The minimum Gasteiger partial charge on any atom is -0.352 e. The second-order valence-electron chi connectivity index (χ2n) is 5.19. The molecule has 0 spiro atoms. The van der Waals surface area contributed by atoms with Crippen LogP contribution in [0.1, 0.15) is 11.3 Å². The van der Waals surface area contributed by atoms with Gasteiger partial charge in [-0.1, -0.05) is 18.2 Å². The van der Waals surface area contributed by atoms with Gasteiger partial charge in [0.1, 0.15) is 0 Å². The molecular formula is C17H19N3O3S. The van der Waals surface area contributed by atoms with Crippen molar-refractivity contribution < 1.29 is 13.2 Å². The Hall–Kier alpha value is -2.67. The van der Waals surface area contributed by atoms with E-state index in [9.17, 15) is 13.2 Å². The first-order valence-electron chi connectivity index (χ1n) is 7.36. The van der Waals surface area contributed by atoms with E-state index in [1.807, 2.05) is 18.2 Å². The van der Waals surface area contributed by atoms with Gasteiger partial charge >= 0.3 is 0 Å². The lowest BCUT2D eigenvalue weighted by Crippen LogP contribution is -2.23. The molecule has 0 bridgehead atoms. The SMILES string of the molecule is CS(=O)(=O)Nc1ccc(/C=C/C(=O)NCCc2ccccn2)cc1. The highest BCUT2D eigenvalue weighted by molar-refractivity contribution is 7.92. The number of amides is 1. The van der Waals surface area contributed by atoms with Crippen LogP contribution in [0, 0.1) is 0 Å². The van der Waals surface area contributed by atoms with Crippen LogP contribution in [0.15, 0.2) is 54.7 Å². The Kier molecular flexibility index (Phi) is 6.08. The van der Waals surface area contributed by atoms with E-state index in [1.54, 1.807) is 36.5 Å². The van der Waals surface area contributed by atoms with Gasteiger partial charge < -0.3 is 5.32 Å². The maximum absolute atomic E-state index is 11.8. The molecule has 1 heterocycles. The van der Waals surface area contributed by atoms with Crippen LogP contribution in [0.5, 0.6) is 0 Å². The number of nitrogens with one attached hydrogen (secondary N) is 2. The number of nitrogens with zero attached hydrogens (tertiary/aromatic N) is 1. The van der Waals surface area contributed by atoms with Gasteiger partial charge in [-0.05, 0) is 35.9 Å². The Labute approximate surface area is 141 Å². The number of carbonyl (C=O) groups excluding carboxylic acids is 1. The quantitative estimate of drug-likeness (QED) is 0.749. The summed E-state index contributed by atoms with van der Waals surface area (Å²) < 4.78 is 24.6. The summed E-state index contributed by atoms with van der Waals surface area (Å²) in [7, 11) is -3.29. The highest BCUT2D eigenvalue weighted by Gasteiger charge is 2.01. The fraction of sp³-hybridized carbons (Fsp3) is 0.176. The number of pyridine rings is 1. The summed E-state index contributed by atoms with van der Waals surface area (Å²) in [5.41, 5.74) is 2.21. The Bertz CT molecular complexity index is 801. The average Bonchev–Trinajstić information content (AvgIpc) is 2.54. The third-order valence-corrected chi connectivity index (χ3v) is 3.65. The van der Waals surface area contributed by atoms with E-state index in [2.05, 4.69) is 15.0 Å². The standard InChI is InChI=1S/C17H19N3O3S/c1-24(22,23)20-16-8-5-14(6-9-16)7-10-17(21)19-13-11-15-4-2-3-12-18-15/h2-10,12,20H,11,13H2,1H3,(H,19,21)/b10-7+. The van der Waals surface area contributed by atoms with E-state index in [0.717, 1.165) is 17.5 Å². The van der Waals surface area contributed by atoms with Crippen molar-refractivity contribution in [3.8, 4) is 0 Å². The molecular weight excluding hydrogens is 326 g/mol. The van der Waals surface area contributed by atoms with Crippen molar-refractivity contribution in [2.75, 3.05) is 17.5 Å². The number of rotatable bonds is 7. The van der Waals surface area contributed by atoms with E-state index in [1.165, 1.54) is 6.08 Å². The monoisotopic (exact) mass is 345 g/mol. The zero-order valence-corrected chi connectivity index (χ0v) is 14.1. The Morgan fingerprint density at radius 1 is 1.17 bits per heavy atom. The molecule has 7 heteroatoms. The van der Waals surface area contributed by atoms with Gasteiger partial charge in [0.25, 0.3) is 0 Å². The Morgan fingerprint density at radius 2 is 1.92 bits per heavy atom. The zero-order valence-electron chi connectivity index (χ0n) is 13.3. The number of aromatic nitrogens is 1. The van der Waals surface area contributed by atoms with E-state index < -0.39 is 10.0 Å². The highest BCUT2D eigenvalue weighted by atomic mass is 32.2. The summed E-state index contributed by atoms with van der Waals surface area (Å²) in [6, 6.07) is 12.4. The largest absolute Gasteiger partial charge is 0.352 e. The Balaban J connectivity index is 1.80. The average molecular weight is 345 g/mol. The number of anilines is 1. The fourth-order valence-electron chi connectivity index (χ4n) is 1.97. The summed E-state index contributed by atoms with van der Waals surface area (Å²) in [5.74, 6) is -0.190. The van der Waals surface area contributed by atoms with Crippen LogP contribution in [-0.2, 0) is 21.2 Å². The van der Waals surface area contributed by atoms with Gasteiger partial charge in [0.05, 0.1) is 6.26 Å². The first-order valence-corrected chi connectivity index (χ1v) is 9.25. The van der Waals surface area contributed by atoms with Crippen LogP contribution in [0.25, 0.3) is 6.08 Å². The molecule has 1 aromatic carbocycles. The predicted octanol–water partition coefficient (Wildman–Crippen LogP) is 1.83. The number of hydrogen-bond acceptors (Lipinski definition) is 4. The summed E-state index contributed by atoms with van der Waals surface area (Å²) in [4.78, 5) is 15.9. The molecule has 0 fully saturated rings. The van der Waals surface area contributed by atoms with Gasteiger partial charge in [-0.15, -0.1) is 0 Å². The van der Waals surface area contributed by atoms with E-state index >= 15 is 0 Å². The molecule has 1 aromatic heterocycles. The van der Waals surface area contributed by atoms with Crippen molar-refractivity contribution in [2.45, 2.75) is 6.42 Å². The molecule has 0 aliphatic heterocycles. The van der Waals surface area contributed by atoms with Gasteiger partial charge in [-0.3, -0.25) is 14.5 Å². The van der Waals surface area contributed by atoms with Crippen LogP contribution < -0.4 is 10.0 Å². The number of sulfonamides is 1. The van der Waals surface area contributed by atoms with E-state index in [-0.39, 0.29) is 5.91 Å². The molecule has 2 rings (SSSR count). The molecule has 0 atom stereocenters. The smallest absolute Gasteiger partial charge is 0.244 e. The predicted molar refractivity (Wildman–Crippen MR) is 94.9 cm³/mol. The normalized spacial score (nSPS) is 11.4. The van der Waals surface area contributed by atoms with E-state index in [4.69, 9.17) is 0 Å². The fourth-order valence-corrected chi connectivity index (χ4v) is 2.53. The highest BCUT2D eigenvalue weighted by Crippen LogP contribution is 2.11. The second kappa shape index (κ2) is 8.26. The van der Waals surface area contributed by atoms with Gasteiger partial charge in [0.2, 0.25) is 15.9 Å². The topological polar surface area (TPSA) is 88.2 Å². The molecule has 2 N–H and O–H groups in total. The van der Waals surface area contributed by atoms with Crippen molar-refractivity contribution in [1.29, 1.82) is 0 Å². The lowest BCUT2D eigenvalue weighted by atomic mass is 10.2. The van der Waals surface area contributed by atoms with Crippen molar-refractivity contribution in [1.82, 2.24) is 10.3 Å². The number of carbonyl (C=O) groups is 1. The lowest BCUT2D eigenvalue weighted by molar-refractivity contribution is -0.116. The molecule has 24 heavy (non-hydrogen) atoms. The van der Waals surface area contributed by atoms with Crippen molar-refractivity contribution in [2.24, 2.45) is 0 Å². The number of benzene rings is 1. The molecule has 0 aliphatic rings. The zero-order chi connectivity index (χ0) is 17.4. The summed E-state index contributed by atoms with van der Waals surface area (Å²) in [6.45, 7) is 0.511. The summed E-state index contributed by atoms with van der Waals surface area (Å²) >= 11 is 0. The molecule has 0 saturated carbocycles. The minimum atomic E-state index is -3.29. The lowest BCUT2D eigenvalue weighted by Gasteiger charge is -2.04. The molecule has 0 radical (unpaired) electrons.